The van der Waals surface area contributed by atoms with E-state index in [1.165, 1.54) is 14.2 Å². The summed E-state index contributed by atoms with van der Waals surface area (Å²) in [5, 5.41) is 2.74. The average Bonchev–Trinajstić information content (AvgIpc) is 3.30. The first-order valence-corrected chi connectivity index (χ1v) is 12.1. The highest BCUT2D eigenvalue weighted by Gasteiger charge is 2.26. The summed E-state index contributed by atoms with van der Waals surface area (Å²) in [6.07, 6.45) is 3.13. The lowest BCUT2D eigenvalue weighted by Crippen LogP contribution is -2.41. The van der Waals surface area contributed by atoms with E-state index in [2.05, 4.69) is 34.9 Å². The Hall–Kier alpha value is -4.55. The van der Waals surface area contributed by atoms with Gasteiger partial charge in [0.05, 0.1) is 32.7 Å². The number of nitrogen functional groups attached to an aromatic ring is 2. The van der Waals surface area contributed by atoms with Gasteiger partial charge in [0.25, 0.3) is 5.91 Å². The largest absolute Gasteiger partial charge is 0.469 e. The highest BCUT2D eigenvalue weighted by molar-refractivity contribution is 5.98. The van der Waals surface area contributed by atoms with Crippen LogP contribution in [0.15, 0.2) is 18.3 Å². The van der Waals surface area contributed by atoms with Crippen molar-refractivity contribution in [1.82, 2.24) is 25.3 Å². The molecule has 0 spiro atoms. The van der Waals surface area contributed by atoms with Gasteiger partial charge in [-0.3, -0.25) is 9.59 Å². The summed E-state index contributed by atoms with van der Waals surface area (Å²) in [6.45, 7) is 3.15. The lowest BCUT2D eigenvalue weighted by atomic mass is 10.0. The number of esters is 2. The first kappa shape index (κ1) is 26.5. The highest BCUT2D eigenvalue weighted by Crippen LogP contribution is 2.34. The molecule has 1 aliphatic rings. The maximum atomic E-state index is 13.1. The Morgan fingerprint density at radius 1 is 1.13 bits per heavy atom. The molecule has 1 amide bonds. The smallest absolute Gasteiger partial charge is 0.328 e. The van der Waals surface area contributed by atoms with E-state index in [0.29, 0.717) is 35.4 Å². The van der Waals surface area contributed by atoms with Gasteiger partial charge in [-0.2, -0.15) is 9.97 Å². The third-order valence-electron chi connectivity index (χ3n) is 6.36. The third-order valence-corrected chi connectivity index (χ3v) is 6.36. The Morgan fingerprint density at radius 3 is 2.66 bits per heavy atom. The Balaban J connectivity index is 1.49. The summed E-state index contributed by atoms with van der Waals surface area (Å²) in [7, 11) is 2.56. The number of nitrogens with two attached hydrogens (primary N) is 2. The number of amides is 1. The number of ether oxygens (including phenoxy) is 2. The second kappa shape index (κ2) is 11.2. The average molecular weight is 523 g/mol. The Kier molecular flexibility index (Phi) is 7.84. The molecule has 3 heterocycles. The van der Waals surface area contributed by atoms with Crippen LogP contribution in [-0.2, 0) is 32.0 Å². The first-order valence-electron chi connectivity index (χ1n) is 12.1. The van der Waals surface area contributed by atoms with E-state index in [4.69, 9.17) is 16.2 Å². The predicted octanol–water partition coefficient (Wildman–Crippen LogP) is 1.07. The van der Waals surface area contributed by atoms with Crippen LogP contribution in [0, 0.1) is 6.92 Å². The molecule has 4 rings (SSSR count). The van der Waals surface area contributed by atoms with Gasteiger partial charge >= 0.3 is 11.9 Å². The molecule has 0 bridgehead atoms. The normalized spacial score (nSPS) is 13.2. The van der Waals surface area contributed by atoms with Crippen molar-refractivity contribution in [2.45, 2.75) is 45.2 Å². The molecule has 0 saturated heterocycles. The number of anilines is 3. The molecule has 0 saturated carbocycles. The summed E-state index contributed by atoms with van der Waals surface area (Å²) >= 11 is 0. The molecule has 1 aliphatic heterocycles. The molecule has 0 aliphatic carbocycles. The van der Waals surface area contributed by atoms with Crippen molar-refractivity contribution in [3.05, 3.63) is 40.7 Å². The minimum atomic E-state index is -0.875. The van der Waals surface area contributed by atoms with Gasteiger partial charge in [-0.25, -0.2) is 14.8 Å². The topological polar surface area (TPSA) is 189 Å². The first-order chi connectivity index (χ1) is 18.2. The number of carbonyl (C=O) groups is 3. The van der Waals surface area contributed by atoms with Crippen molar-refractivity contribution in [2.75, 3.05) is 37.1 Å². The van der Waals surface area contributed by atoms with E-state index in [-0.39, 0.29) is 30.6 Å². The van der Waals surface area contributed by atoms with Crippen LogP contribution in [0.1, 0.15) is 46.4 Å². The molecule has 0 fully saturated rings. The fourth-order valence-corrected chi connectivity index (χ4v) is 4.59. The Morgan fingerprint density at radius 2 is 1.92 bits per heavy atom. The van der Waals surface area contributed by atoms with Crippen LogP contribution in [0.2, 0.25) is 0 Å². The minimum Gasteiger partial charge on any atom is -0.469 e. The lowest BCUT2D eigenvalue weighted by Gasteiger charge is -2.22. The van der Waals surface area contributed by atoms with E-state index in [1.54, 1.807) is 12.3 Å². The number of benzene rings is 1. The fourth-order valence-electron chi connectivity index (χ4n) is 4.59. The molecule has 0 radical (unpaired) electrons. The molecule has 13 nitrogen and oxygen atoms in total. The van der Waals surface area contributed by atoms with Crippen LogP contribution < -0.4 is 21.7 Å². The highest BCUT2D eigenvalue weighted by atomic mass is 16.5. The molecular weight excluding hydrogens is 492 g/mol. The zero-order valence-corrected chi connectivity index (χ0v) is 21.5. The molecule has 2 aromatic heterocycles. The van der Waals surface area contributed by atoms with Gasteiger partial charge in [0.2, 0.25) is 5.95 Å². The van der Waals surface area contributed by atoms with Crippen LogP contribution in [0.4, 0.5) is 17.5 Å². The van der Waals surface area contributed by atoms with Crippen LogP contribution in [-0.4, -0.2) is 64.6 Å². The van der Waals surface area contributed by atoms with Crippen molar-refractivity contribution in [3.8, 4) is 0 Å². The second-order valence-electron chi connectivity index (χ2n) is 8.99. The summed E-state index contributed by atoms with van der Waals surface area (Å²) in [5.41, 5.74) is 16.4. The van der Waals surface area contributed by atoms with Gasteiger partial charge in [0.15, 0.2) is 17.0 Å². The summed E-state index contributed by atoms with van der Waals surface area (Å²) in [6, 6.07) is 2.75. The van der Waals surface area contributed by atoms with Crippen LogP contribution in [0.5, 0.6) is 0 Å². The minimum absolute atomic E-state index is 0.0417. The zero-order valence-electron chi connectivity index (χ0n) is 21.5. The van der Waals surface area contributed by atoms with E-state index >= 15 is 0 Å². The van der Waals surface area contributed by atoms with Crippen molar-refractivity contribution in [3.63, 3.8) is 0 Å². The number of hydrogen-bond acceptors (Lipinski definition) is 12. The van der Waals surface area contributed by atoms with Gasteiger partial charge in [0, 0.05) is 24.2 Å². The van der Waals surface area contributed by atoms with Crippen LogP contribution in [0.25, 0.3) is 11.2 Å². The van der Waals surface area contributed by atoms with Crippen LogP contribution in [0.3, 0.4) is 0 Å². The number of aryl methyl sites for hydroxylation is 1. The number of nitrogens with zero attached hydrogens (tertiary/aromatic N) is 5. The quantitative estimate of drug-likeness (QED) is 0.340. The number of aromatic nitrogens is 4. The van der Waals surface area contributed by atoms with Gasteiger partial charge in [-0.05, 0) is 49.4 Å². The van der Waals surface area contributed by atoms with E-state index in [9.17, 15) is 14.4 Å². The van der Waals surface area contributed by atoms with E-state index in [0.717, 1.165) is 29.8 Å². The van der Waals surface area contributed by atoms with Gasteiger partial charge in [0.1, 0.15) is 6.04 Å². The number of nitrogens with one attached hydrogen (secondary N) is 1. The number of fused-ring (bicyclic) bond motifs is 2. The number of methoxy groups -OCH3 is 2. The molecule has 1 atom stereocenters. The number of hydrogen-bond donors (Lipinski definition) is 3. The van der Waals surface area contributed by atoms with E-state index < -0.39 is 17.9 Å². The zero-order chi connectivity index (χ0) is 27.4. The molecule has 0 unspecified atom stereocenters. The summed E-state index contributed by atoms with van der Waals surface area (Å²) in [4.78, 5) is 55.8. The van der Waals surface area contributed by atoms with Crippen LogP contribution >= 0.6 is 0 Å². The monoisotopic (exact) mass is 522 g/mol. The SMILES string of the molecule is COC(=O)CCC[C@H](NC(=O)c1cc(C)c2c(c1)CCN2Cc1cnc2nc(N)nc(N)c2n1)C(=O)OC. The summed E-state index contributed by atoms with van der Waals surface area (Å²) in [5.74, 6) is -1.13. The molecule has 5 N–H and O–H groups in total. The van der Waals surface area contributed by atoms with E-state index in [1.807, 2.05) is 13.0 Å². The lowest BCUT2D eigenvalue weighted by molar-refractivity contribution is -0.144. The summed E-state index contributed by atoms with van der Waals surface area (Å²) < 4.78 is 9.46. The van der Waals surface area contributed by atoms with Crippen molar-refractivity contribution >= 4 is 46.5 Å². The van der Waals surface area contributed by atoms with Gasteiger partial charge in [-0.15, -0.1) is 0 Å². The number of rotatable bonds is 9. The number of carbonyl (C=O) groups excluding carboxylic acids is 3. The molecule has 38 heavy (non-hydrogen) atoms. The van der Waals surface area contributed by atoms with Gasteiger partial charge < -0.3 is 31.2 Å². The second-order valence-corrected chi connectivity index (χ2v) is 8.99. The Bertz CT molecular complexity index is 1400. The van der Waals surface area contributed by atoms with Crippen molar-refractivity contribution in [1.29, 1.82) is 0 Å². The molecular formula is C25H30N8O5. The maximum Gasteiger partial charge on any atom is 0.328 e. The fraction of sp³-hybridized carbons (Fsp3) is 0.400. The molecule has 13 heteroatoms. The molecule has 3 aromatic rings. The van der Waals surface area contributed by atoms with Gasteiger partial charge in [-0.1, -0.05) is 0 Å². The Labute approximate surface area is 218 Å². The third kappa shape index (κ3) is 5.71. The predicted molar refractivity (Wildman–Crippen MR) is 139 cm³/mol. The molecule has 200 valence electrons. The van der Waals surface area contributed by atoms with Crippen molar-refractivity contribution in [2.24, 2.45) is 0 Å². The maximum absolute atomic E-state index is 13.1. The standard InChI is InChI=1S/C25H30N8O5/c1-13-9-15(23(35)30-17(24(36)38-3)5-4-6-18(34)37-2)10-14-7-8-33(20(13)14)12-16-11-28-22-19(29-16)21(26)31-25(27)32-22/h9-11,17H,4-8,12H2,1-3H3,(H,30,35)(H4,26,27,28,31,32)/t17-/m0/s1. The van der Waals surface area contributed by atoms with Crippen molar-refractivity contribution < 1.29 is 23.9 Å². The molecule has 1 aromatic carbocycles.